The van der Waals surface area contributed by atoms with Crippen LogP contribution in [0.4, 0.5) is 0 Å². The van der Waals surface area contributed by atoms with E-state index in [-0.39, 0.29) is 0 Å². The Bertz CT molecular complexity index is 357. The zero-order valence-corrected chi connectivity index (χ0v) is 9.15. The van der Waals surface area contributed by atoms with E-state index in [1.54, 1.807) is 0 Å². The second-order valence-electron chi connectivity index (χ2n) is 4.55. The molecule has 0 aromatic carbocycles. The summed E-state index contributed by atoms with van der Waals surface area (Å²) < 4.78 is 7.86. The van der Waals surface area contributed by atoms with Crippen molar-refractivity contribution in [1.82, 2.24) is 14.8 Å². The van der Waals surface area contributed by atoms with Crippen molar-refractivity contribution in [1.29, 1.82) is 0 Å². The fourth-order valence-corrected chi connectivity index (χ4v) is 2.44. The third kappa shape index (κ3) is 1.39. The molecule has 1 aliphatic heterocycles. The summed E-state index contributed by atoms with van der Waals surface area (Å²) in [5.74, 6) is 2.90. The molecule has 1 saturated carbocycles. The van der Waals surface area contributed by atoms with Gasteiger partial charge in [0.2, 0.25) is 0 Å². The molecular weight excluding hydrogens is 190 g/mol. The average molecular weight is 207 g/mol. The molecule has 82 valence electrons. The summed E-state index contributed by atoms with van der Waals surface area (Å²) in [5.41, 5.74) is 0. The highest BCUT2D eigenvalue weighted by Gasteiger charge is 2.30. The van der Waals surface area contributed by atoms with Gasteiger partial charge in [-0.1, -0.05) is 13.3 Å². The first-order chi connectivity index (χ1) is 7.40. The third-order valence-electron chi connectivity index (χ3n) is 3.64. The topological polar surface area (TPSA) is 39.9 Å². The molecule has 3 rings (SSSR count). The van der Waals surface area contributed by atoms with Crippen LogP contribution in [0.2, 0.25) is 0 Å². The van der Waals surface area contributed by atoms with Crippen molar-refractivity contribution in [2.24, 2.45) is 0 Å². The Balaban J connectivity index is 1.97. The van der Waals surface area contributed by atoms with Crippen LogP contribution in [-0.2, 0) is 11.3 Å². The molecule has 1 aromatic rings. The molecule has 0 saturated heterocycles. The van der Waals surface area contributed by atoms with E-state index < -0.39 is 0 Å². The number of ether oxygens (including phenoxy) is 1. The van der Waals surface area contributed by atoms with Gasteiger partial charge in [-0.25, -0.2) is 0 Å². The van der Waals surface area contributed by atoms with Gasteiger partial charge in [-0.15, -0.1) is 10.2 Å². The van der Waals surface area contributed by atoms with E-state index in [1.807, 2.05) is 0 Å². The zero-order chi connectivity index (χ0) is 10.3. The SMILES string of the molecule is CCC1COCc2nnc(C3CCC3)n21. The molecule has 15 heavy (non-hydrogen) atoms. The lowest BCUT2D eigenvalue weighted by atomic mass is 9.84. The van der Waals surface area contributed by atoms with Crippen LogP contribution in [0, 0.1) is 0 Å². The Morgan fingerprint density at radius 3 is 2.93 bits per heavy atom. The highest BCUT2D eigenvalue weighted by molar-refractivity contribution is 5.08. The average Bonchev–Trinajstić information content (AvgIpc) is 2.59. The Hall–Kier alpha value is -0.900. The van der Waals surface area contributed by atoms with Crippen molar-refractivity contribution >= 4 is 0 Å². The van der Waals surface area contributed by atoms with Crippen molar-refractivity contribution in [3.8, 4) is 0 Å². The highest BCUT2D eigenvalue weighted by atomic mass is 16.5. The van der Waals surface area contributed by atoms with Gasteiger partial charge in [-0.3, -0.25) is 0 Å². The first-order valence-electron chi connectivity index (χ1n) is 5.91. The van der Waals surface area contributed by atoms with Gasteiger partial charge in [0.1, 0.15) is 12.4 Å². The van der Waals surface area contributed by atoms with Crippen molar-refractivity contribution in [3.63, 3.8) is 0 Å². The van der Waals surface area contributed by atoms with Crippen LogP contribution in [0.3, 0.4) is 0 Å². The smallest absolute Gasteiger partial charge is 0.159 e. The zero-order valence-electron chi connectivity index (χ0n) is 9.15. The summed E-state index contributed by atoms with van der Waals surface area (Å²) >= 11 is 0. The standard InChI is InChI=1S/C11H17N3O/c1-2-9-6-15-7-10-12-13-11(14(9)10)8-4-3-5-8/h8-9H,2-7H2,1H3. The minimum atomic E-state index is 0.458. The molecule has 0 bridgehead atoms. The molecule has 1 fully saturated rings. The number of hydrogen-bond acceptors (Lipinski definition) is 3. The second-order valence-corrected chi connectivity index (χ2v) is 4.55. The van der Waals surface area contributed by atoms with E-state index in [2.05, 4.69) is 21.7 Å². The lowest BCUT2D eigenvalue weighted by Gasteiger charge is -2.30. The molecule has 2 aliphatic rings. The molecule has 4 nitrogen and oxygen atoms in total. The molecular formula is C11H17N3O. The summed E-state index contributed by atoms with van der Waals surface area (Å²) in [4.78, 5) is 0. The van der Waals surface area contributed by atoms with E-state index in [1.165, 1.54) is 25.1 Å². The normalized spacial score (nSPS) is 26.1. The number of hydrogen-bond donors (Lipinski definition) is 0. The van der Waals surface area contributed by atoms with Gasteiger partial charge in [-0.2, -0.15) is 0 Å². The number of fused-ring (bicyclic) bond motifs is 1. The number of aromatic nitrogens is 3. The molecule has 1 aromatic heterocycles. The molecule has 1 atom stereocenters. The van der Waals surface area contributed by atoms with Gasteiger partial charge in [0, 0.05) is 5.92 Å². The fourth-order valence-electron chi connectivity index (χ4n) is 2.44. The Labute approximate surface area is 89.6 Å². The van der Waals surface area contributed by atoms with Gasteiger partial charge in [0.05, 0.1) is 12.6 Å². The first-order valence-corrected chi connectivity index (χ1v) is 5.91. The van der Waals surface area contributed by atoms with Gasteiger partial charge >= 0.3 is 0 Å². The molecule has 0 amide bonds. The Kier molecular flexibility index (Phi) is 2.24. The van der Waals surface area contributed by atoms with E-state index >= 15 is 0 Å². The molecule has 0 radical (unpaired) electrons. The quantitative estimate of drug-likeness (QED) is 0.745. The maximum atomic E-state index is 5.52. The molecule has 1 aliphatic carbocycles. The lowest BCUT2D eigenvalue weighted by molar-refractivity contribution is 0.0512. The fraction of sp³-hybridized carbons (Fsp3) is 0.818. The molecule has 0 N–H and O–H groups in total. The summed E-state index contributed by atoms with van der Waals surface area (Å²) in [7, 11) is 0. The summed E-state index contributed by atoms with van der Waals surface area (Å²) in [6, 6.07) is 0.458. The monoisotopic (exact) mass is 207 g/mol. The van der Waals surface area contributed by atoms with Crippen molar-refractivity contribution in [2.75, 3.05) is 6.61 Å². The van der Waals surface area contributed by atoms with Crippen LogP contribution in [0.5, 0.6) is 0 Å². The lowest BCUT2D eigenvalue weighted by Crippen LogP contribution is -2.27. The van der Waals surface area contributed by atoms with Gasteiger partial charge < -0.3 is 9.30 Å². The van der Waals surface area contributed by atoms with E-state index in [0.717, 1.165) is 18.9 Å². The van der Waals surface area contributed by atoms with Gasteiger partial charge in [0.25, 0.3) is 0 Å². The van der Waals surface area contributed by atoms with Crippen molar-refractivity contribution in [2.45, 2.75) is 51.2 Å². The van der Waals surface area contributed by atoms with Crippen LogP contribution < -0.4 is 0 Å². The molecule has 1 unspecified atom stereocenters. The van der Waals surface area contributed by atoms with Crippen LogP contribution in [0.1, 0.15) is 56.2 Å². The third-order valence-corrected chi connectivity index (χ3v) is 3.64. The summed E-state index contributed by atoms with van der Waals surface area (Å²) in [6.07, 6.45) is 5.02. The largest absolute Gasteiger partial charge is 0.371 e. The highest BCUT2D eigenvalue weighted by Crippen LogP contribution is 2.37. The maximum absolute atomic E-state index is 5.52. The minimum absolute atomic E-state index is 0.458. The Morgan fingerprint density at radius 1 is 1.40 bits per heavy atom. The van der Waals surface area contributed by atoms with Crippen LogP contribution in [0.25, 0.3) is 0 Å². The minimum Gasteiger partial charge on any atom is -0.371 e. The molecule has 4 heteroatoms. The van der Waals surface area contributed by atoms with E-state index in [9.17, 15) is 0 Å². The number of nitrogens with zero attached hydrogens (tertiary/aromatic N) is 3. The molecule has 2 heterocycles. The van der Waals surface area contributed by atoms with Crippen LogP contribution in [0.15, 0.2) is 0 Å². The predicted octanol–water partition coefficient (Wildman–Crippen LogP) is 2.03. The van der Waals surface area contributed by atoms with Gasteiger partial charge in [0.15, 0.2) is 5.82 Å². The van der Waals surface area contributed by atoms with Crippen LogP contribution in [-0.4, -0.2) is 21.4 Å². The summed E-state index contributed by atoms with van der Waals surface area (Å²) in [5, 5.41) is 8.60. The second kappa shape index (κ2) is 3.59. The van der Waals surface area contributed by atoms with E-state index in [4.69, 9.17) is 4.74 Å². The number of rotatable bonds is 2. The Morgan fingerprint density at radius 2 is 2.27 bits per heavy atom. The molecule has 0 spiro atoms. The summed E-state index contributed by atoms with van der Waals surface area (Å²) in [6.45, 7) is 3.66. The van der Waals surface area contributed by atoms with Crippen molar-refractivity contribution < 1.29 is 4.74 Å². The van der Waals surface area contributed by atoms with Crippen molar-refractivity contribution in [3.05, 3.63) is 11.6 Å². The first kappa shape index (κ1) is 9.33. The predicted molar refractivity (Wildman–Crippen MR) is 55.6 cm³/mol. The van der Waals surface area contributed by atoms with E-state index in [0.29, 0.717) is 18.6 Å². The van der Waals surface area contributed by atoms with Crippen LogP contribution >= 0.6 is 0 Å². The van der Waals surface area contributed by atoms with Gasteiger partial charge in [-0.05, 0) is 19.3 Å². The maximum Gasteiger partial charge on any atom is 0.159 e.